The fourth-order valence-corrected chi connectivity index (χ4v) is 2.57. The molecule has 1 aliphatic heterocycles. The molecule has 1 aromatic rings. The van der Waals surface area contributed by atoms with Crippen LogP contribution in [0.15, 0.2) is 16.6 Å². The van der Waals surface area contributed by atoms with Crippen molar-refractivity contribution in [3.05, 3.63) is 22.2 Å². The average molecular weight is 327 g/mol. The number of halogens is 1. The van der Waals surface area contributed by atoms with E-state index in [0.29, 0.717) is 0 Å². The lowest BCUT2D eigenvalue weighted by molar-refractivity contribution is 0.00578. The molecule has 0 amide bonds. The number of hydrogen-bond acceptors (Lipinski definition) is 3. The van der Waals surface area contributed by atoms with Gasteiger partial charge in [0.2, 0.25) is 0 Å². The number of benzene rings is 1. The molecule has 19 heavy (non-hydrogen) atoms. The van der Waals surface area contributed by atoms with Crippen molar-refractivity contribution in [3.8, 4) is 5.75 Å². The van der Waals surface area contributed by atoms with Gasteiger partial charge >= 0.3 is 7.12 Å². The van der Waals surface area contributed by atoms with Gasteiger partial charge in [0.1, 0.15) is 5.75 Å². The molecular weight excluding hydrogens is 307 g/mol. The van der Waals surface area contributed by atoms with Crippen molar-refractivity contribution >= 4 is 28.5 Å². The van der Waals surface area contributed by atoms with Gasteiger partial charge in [0.15, 0.2) is 0 Å². The summed E-state index contributed by atoms with van der Waals surface area (Å²) in [6.45, 7) is 10.2. The summed E-state index contributed by atoms with van der Waals surface area (Å²) >= 11 is 3.57. The molecule has 0 saturated carbocycles. The molecule has 1 aromatic carbocycles. The summed E-state index contributed by atoms with van der Waals surface area (Å²) in [6.07, 6.45) is 0. The Balaban J connectivity index is 2.37. The van der Waals surface area contributed by atoms with Crippen LogP contribution >= 0.6 is 15.9 Å². The van der Waals surface area contributed by atoms with Crippen molar-refractivity contribution in [1.29, 1.82) is 0 Å². The van der Waals surface area contributed by atoms with Crippen molar-refractivity contribution in [1.82, 2.24) is 0 Å². The summed E-state index contributed by atoms with van der Waals surface area (Å²) in [5.74, 6) is 0.854. The monoisotopic (exact) mass is 326 g/mol. The number of rotatable bonds is 2. The number of hydrogen-bond donors (Lipinski definition) is 0. The van der Waals surface area contributed by atoms with Gasteiger partial charge in [-0.25, -0.2) is 0 Å². The van der Waals surface area contributed by atoms with E-state index < -0.39 is 0 Å². The summed E-state index contributed by atoms with van der Waals surface area (Å²) < 4.78 is 18.4. The van der Waals surface area contributed by atoms with Crippen molar-refractivity contribution in [2.75, 3.05) is 7.11 Å². The van der Waals surface area contributed by atoms with Crippen LogP contribution in [0.25, 0.3) is 0 Å². The van der Waals surface area contributed by atoms with Crippen molar-refractivity contribution < 1.29 is 14.0 Å². The van der Waals surface area contributed by atoms with Gasteiger partial charge in [-0.1, -0.05) is 22.0 Å². The van der Waals surface area contributed by atoms with Crippen LogP contribution in [0.1, 0.15) is 33.3 Å². The third kappa shape index (κ3) is 2.56. The molecule has 1 heterocycles. The predicted molar refractivity (Wildman–Crippen MR) is 81.1 cm³/mol. The molecule has 1 saturated heterocycles. The van der Waals surface area contributed by atoms with E-state index in [-0.39, 0.29) is 18.3 Å². The lowest BCUT2D eigenvalue weighted by Gasteiger charge is -2.32. The first kappa shape index (κ1) is 14.9. The molecule has 1 aliphatic rings. The summed E-state index contributed by atoms with van der Waals surface area (Å²) in [4.78, 5) is 0. The minimum Gasteiger partial charge on any atom is -0.496 e. The van der Waals surface area contributed by atoms with Crippen LogP contribution in [0.3, 0.4) is 0 Å². The maximum atomic E-state index is 6.07. The fourth-order valence-electron chi connectivity index (χ4n) is 2.06. The van der Waals surface area contributed by atoms with Gasteiger partial charge in [-0.2, -0.15) is 0 Å². The van der Waals surface area contributed by atoms with Gasteiger partial charge in [-0.15, -0.1) is 0 Å². The first-order valence-corrected chi connectivity index (χ1v) is 7.17. The van der Waals surface area contributed by atoms with E-state index in [1.165, 1.54) is 0 Å². The van der Waals surface area contributed by atoms with E-state index in [2.05, 4.69) is 43.6 Å². The number of methoxy groups -OCH3 is 1. The number of ether oxygens (including phenoxy) is 1. The topological polar surface area (TPSA) is 27.7 Å². The van der Waals surface area contributed by atoms with Crippen LogP contribution in [0.2, 0.25) is 0 Å². The largest absolute Gasteiger partial charge is 0.496 e. The second-order valence-electron chi connectivity index (χ2n) is 5.93. The standard InChI is InChI=1S/C14H20BBrO3/c1-9-7-10(11(16)8-12(9)17-6)15-18-13(2,3)14(4,5)19-15/h7-8H,1-6H3. The molecule has 0 unspecified atom stereocenters. The van der Waals surface area contributed by atoms with Gasteiger partial charge in [0, 0.05) is 4.47 Å². The highest BCUT2D eigenvalue weighted by Gasteiger charge is 2.52. The van der Waals surface area contributed by atoms with E-state index in [4.69, 9.17) is 14.0 Å². The Kier molecular flexibility index (Phi) is 3.76. The Hall–Kier alpha value is -0.515. The molecule has 5 heteroatoms. The van der Waals surface area contributed by atoms with Crippen LogP contribution in [0.4, 0.5) is 0 Å². The SMILES string of the molecule is COc1cc(Br)c(B2OC(C)(C)C(C)(C)O2)cc1C. The van der Waals surface area contributed by atoms with E-state index in [0.717, 1.165) is 21.2 Å². The molecule has 2 rings (SSSR count). The Bertz CT molecular complexity index is 484. The molecule has 0 radical (unpaired) electrons. The predicted octanol–water partition coefficient (Wildman–Crippen LogP) is 3.07. The molecule has 3 nitrogen and oxygen atoms in total. The van der Waals surface area contributed by atoms with Crippen LogP contribution in [0, 0.1) is 6.92 Å². The molecule has 104 valence electrons. The molecule has 0 atom stereocenters. The summed E-state index contributed by atoms with van der Waals surface area (Å²) in [6, 6.07) is 4.00. The first-order chi connectivity index (χ1) is 8.68. The maximum Gasteiger partial charge on any atom is 0.496 e. The Morgan fingerprint density at radius 1 is 1.11 bits per heavy atom. The highest BCUT2D eigenvalue weighted by molar-refractivity contribution is 9.10. The Morgan fingerprint density at radius 3 is 2.11 bits per heavy atom. The van der Waals surface area contributed by atoms with E-state index in [1.54, 1.807) is 7.11 Å². The van der Waals surface area contributed by atoms with Gasteiger partial charge in [-0.05, 0) is 51.7 Å². The van der Waals surface area contributed by atoms with E-state index >= 15 is 0 Å². The highest BCUT2D eigenvalue weighted by Crippen LogP contribution is 2.37. The quantitative estimate of drug-likeness (QED) is 0.782. The van der Waals surface area contributed by atoms with E-state index in [9.17, 15) is 0 Å². The second kappa shape index (κ2) is 4.79. The van der Waals surface area contributed by atoms with Gasteiger partial charge in [0.25, 0.3) is 0 Å². The van der Waals surface area contributed by atoms with Crippen LogP contribution in [0.5, 0.6) is 5.75 Å². The summed E-state index contributed by atoms with van der Waals surface area (Å²) in [7, 11) is 1.31. The summed E-state index contributed by atoms with van der Waals surface area (Å²) in [5, 5.41) is 0. The van der Waals surface area contributed by atoms with Crippen molar-refractivity contribution in [2.45, 2.75) is 45.8 Å². The van der Waals surface area contributed by atoms with Gasteiger partial charge < -0.3 is 14.0 Å². The van der Waals surface area contributed by atoms with E-state index in [1.807, 2.05) is 19.1 Å². The van der Waals surface area contributed by atoms with Crippen LogP contribution in [-0.4, -0.2) is 25.4 Å². The smallest absolute Gasteiger partial charge is 0.496 e. The zero-order valence-corrected chi connectivity index (χ0v) is 13.9. The molecule has 0 spiro atoms. The molecule has 0 bridgehead atoms. The second-order valence-corrected chi connectivity index (χ2v) is 6.79. The third-order valence-corrected chi connectivity index (χ3v) is 4.71. The third-order valence-electron chi connectivity index (χ3n) is 4.02. The minimum absolute atomic E-state index is 0.328. The molecule has 1 fully saturated rings. The molecule has 0 N–H and O–H groups in total. The zero-order chi connectivity index (χ0) is 14.4. The maximum absolute atomic E-state index is 6.07. The normalized spacial score (nSPS) is 20.7. The first-order valence-electron chi connectivity index (χ1n) is 6.37. The van der Waals surface area contributed by atoms with Crippen LogP contribution in [-0.2, 0) is 9.31 Å². The lowest BCUT2D eigenvalue weighted by atomic mass is 9.78. The minimum atomic E-state index is -0.357. The highest BCUT2D eigenvalue weighted by atomic mass is 79.9. The van der Waals surface area contributed by atoms with Crippen molar-refractivity contribution in [2.24, 2.45) is 0 Å². The van der Waals surface area contributed by atoms with Crippen molar-refractivity contribution in [3.63, 3.8) is 0 Å². The lowest BCUT2D eigenvalue weighted by Crippen LogP contribution is -2.41. The Labute approximate surface area is 123 Å². The molecular formula is C14H20BBrO3. The summed E-state index contributed by atoms with van der Waals surface area (Å²) in [5.41, 5.74) is 1.41. The fraction of sp³-hybridized carbons (Fsp3) is 0.571. The van der Waals surface area contributed by atoms with Crippen LogP contribution < -0.4 is 10.2 Å². The average Bonchev–Trinajstić information content (AvgIpc) is 2.50. The van der Waals surface area contributed by atoms with Gasteiger partial charge in [0.05, 0.1) is 18.3 Å². The molecule has 0 aromatic heterocycles. The molecule has 0 aliphatic carbocycles. The Morgan fingerprint density at radius 2 is 1.63 bits per heavy atom. The zero-order valence-electron chi connectivity index (χ0n) is 12.3. The number of aryl methyl sites for hydroxylation is 1. The van der Waals surface area contributed by atoms with Gasteiger partial charge in [-0.3, -0.25) is 0 Å².